The number of likely N-dealkylation sites (N-methyl/N-ethyl adjacent to an activating group) is 1. The third-order valence-corrected chi connectivity index (χ3v) is 6.30. The van der Waals surface area contributed by atoms with E-state index in [1.165, 1.54) is 14.2 Å². The van der Waals surface area contributed by atoms with Crippen LogP contribution < -0.4 is 14.8 Å². The van der Waals surface area contributed by atoms with Gasteiger partial charge in [0.05, 0.1) is 12.6 Å². The van der Waals surface area contributed by atoms with Crippen LogP contribution in [0.2, 0.25) is 0 Å². The van der Waals surface area contributed by atoms with Crippen LogP contribution in [0.15, 0.2) is 66.7 Å². The minimum absolute atomic E-state index is 0.0918. The summed E-state index contributed by atoms with van der Waals surface area (Å²) in [5.41, 5.74) is 2.93. The van der Waals surface area contributed by atoms with E-state index >= 15 is 0 Å². The van der Waals surface area contributed by atoms with Crippen LogP contribution in [0.4, 0.5) is 0 Å². The van der Waals surface area contributed by atoms with Crippen LogP contribution in [0.25, 0.3) is 21.8 Å². The molecule has 0 saturated carbocycles. The monoisotopic (exact) mass is 505 g/mol. The SMILES string of the molecule is CON(C)C(=O)COc1ccc(CC(C)(C)NC[C@H](O)COc2cccc3[nH]c4ccccc4c23)cc1. The van der Waals surface area contributed by atoms with Crippen LogP contribution >= 0.6 is 0 Å². The van der Waals surface area contributed by atoms with E-state index in [9.17, 15) is 9.90 Å². The molecule has 37 heavy (non-hydrogen) atoms. The number of H-pyrrole nitrogens is 1. The Morgan fingerprint density at radius 3 is 2.51 bits per heavy atom. The molecular formula is C29H35N3O5. The molecule has 0 bridgehead atoms. The van der Waals surface area contributed by atoms with Crippen molar-refractivity contribution in [3.05, 3.63) is 72.3 Å². The average Bonchev–Trinajstić information content (AvgIpc) is 3.29. The second-order valence-corrected chi connectivity index (χ2v) is 9.76. The first-order valence-corrected chi connectivity index (χ1v) is 12.3. The number of β-amino-alcohol motifs (C(OH)–C–C–N with tert-alkyl or cyclic N) is 1. The lowest BCUT2D eigenvalue weighted by Gasteiger charge is -2.28. The van der Waals surface area contributed by atoms with Gasteiger partial charge in [-0.15, -0.1) is 0 Å². The smallest absolute Gasteiger partial charge is 0.283 e. The van der Waals surface area contributed by atoms with Crippen molar-refractivity contribution in [1.82, 2.24) is 15.4 Å². The number of ether oxygens (including phenoxy) is 2. The van der Waals surface area contributed by atoms with E-state index in [2.05, 4.69) is 30.2 Å². The molecule has 1 amide bonds. The number of aliphatic hydroxyl groups is 1. The van der Waals surface area contributed by atoms with Crippen LogP contribution in [0.1, 0.15) is 19.4 Å². The predicted octanol–water partition coefficient (Wildman–Crippen LogP) is 4.07. The van der Waals surface area contributed by atoms with Gasteiger partial charge in [0.25, 0.3) is 5.91 Å². The molecule has 3 aromatic carbocycles. The van der Waals surface area contributed by atoms with Crippen molar-refractivity contribution < 1.29 is 24.2 Å². The lowest BCUT2D eigenvalue weighted by atomic mass is 9.94. The zero-order chi connectivity index (χ0) is 26.4. The van der Waals surface area contributed by atoms with Crippen LogP contribution in [-0.2, 0) is 16.1 Å². The van der Waals surface area contributed by atoms with Crippen molar-refractivity contribution in [3.63, 3.8) is 0 Å². The molecule has 0 radical (unpaired) electrons. The molecule has 0 aliphatic rings. The summed E-state index contributed by atoms with van der Waals surface area (Å²) < 4.78 is 11.6. The summed E-state index contributed by atoms with van der Waals surface area (Å²) in [6.07, 6.45) is 0.0826. The van der Waals surface area contributed by atoms with Gasteiger partial charge in [-0.05, 0) is 56.2 Å². The number of hydrogen-bond acceptors (Lipinski definition) is 6. The number of aliphatic hydroxyl groups excluding tert-OH is 1. The quantitative estimate of drug-likeness (QED) is 0.251. The van der Waals surface area contributed by atoms with E-state index in [1.807, 2.05) is 60.7 Å². The highest BCUT2D eigenvalue weighted by molar-refractivity contribution is 6.10. The third-order valence-electron chi connectivity index (χ3n) is 6.30. The number of rotatable bonds is 12. The van der Waals surface area contributed by atoms with Crippen LogP contribution in [-0.4, -0.2) is 66.6 Å². The zero-order valence-electron chi connectivity index (χ0n) is 21.8. The van der Waals surface area contributed by atoms with Gasteiger partial charge in [0.1, 0.15) is 24.2 Å². The Labute approximate surface area is 217 Å². The number of carbonyl (C=O) groups excluding carboxylic acids is 1. The van der Waals surface area contributed by atoms with Crippen molar-refractivity contribution in [2.24, 2.45) is 0 Å². The summed E-state index contributed by atoms with van der Waals surface area (Å²) in [5.74, 6) is 1.11. The molecule has 1 aromatic heterocycles. The maximum atomic E-state index is 11.8. The van der Waals surface area contributed by atoms with Crippen LogP contribution in [0.3, 0.4) is 0 Å². The number of benzene rings is 3. The van der Waals surface area contributed by atoms with E-state index in [0.717, 1.165) is 44.6 Å². The summed E-state index contributed by atoms with van der Waals surface area (Å²) in [7, 11) is 2.97. The molecular weight excluding hydrogens is 470 g/mol. The number of carbonyl (C=O) groups is 1. The Balaban J connectivity index is 1.27. The topological polar surface area (TPSA) is 96.1 Å². The lowest BCUT2D eigenvalue weighted by molar-refractivity contribution is -0.170. The largest absolute Gasteiger partial charge is 0.490 e. The molecule has 0 unspecified atom stereocenters. The zero-order valence-corrected chi connectivity index (χ0v) is 21.8. The second kappa shape index (κ2) is 11.6. The normalized spacial score (nSPS) is 12.6. The summed E-state index contributed by atoms with van der Waals surface area (Å²) >= 11 is 0. The van der Waals surface area contributed by atoms with E-state index < -0.39 is 6.10 Å². The highest BCUT2D eigenvalue weighted by Crippen LogP contribution is 2.33. The van der Waals surface area contributed by atoms with Gasteiger partial charge >= 0.3 is 0 Å². The molecule has 196 valence electrons. The summed E-state index contributed by atoms with van der Waals surface area (Å²) in [6, 6.07) is 21.7. The molecule has 0 aliphatic heterocycles. The first-order valence-electron chi connectivity index (χ1n) is 12.3. The Kier molecular flexibility index (Phi) is 8.33. The minimum atomic E-state index is -0.668. The Morgan fingerprint density at radius 1 is 1.03 bits per heavy atom. The third kappa shape index (κ3) is 6.80. The standard InChI is InChI=1S/C29H35N3O5/c1-29(2,16-20-12-14-22(15-13-20)36-19-27(34)32(3)35-4)30-17-21(33)18-37-26-11-7-10-25-28(26)23-8-5-6-9-24(23)31-25/h5-15,21,30-31,33H,16-19H2,1-4H3/t21-/m0/s1. The molecule has 0 spiro atoms. The van der Waals surface area contributed by atoms with Gasteiger partial charge in [-0.3, -0.25) is 9.63 Å². The molecule has 3 N–H and O–H groups in total. The van der Waals surface area contributed by atoms with Gasteiger partial charge in [0.15, 0.2) is 6.61 Å². The number of hydroxylamine groups is 2. The fraction of sp³-hybridized carbons (Fsp3) is 0.345. The van der Waals surface area contributed by atoms with Crippen LogP contribution in [0.5, 0.6) is 11.5 Å². The summed E-state index contributed by atoms with van der Waals surface area (Å²) in [4.78, 5) is 20.1. The first kappa shape index (κ1) is 26.5. The molecule has 1 heterocycles. The molecule has 4 aromatic rings. The highest BCUT2D eigenvalue weighted by Gasteiger charge is 2.20. The molecule has 4 rings (SSSR count). The van der Waals surface area contributed by atoms with Crippen molar-refractivity contribution >= 4 is 27.7 Å². The van der Waals surface area contributed by atoms with E-state index in [4.69, 9.17) is 14.3 Å². The maximum Gasteiger partial charge on any atom is 0.283 e. The average molecular weight is 506 g/mol. The Morgan fingerprint density at radius 2 is 1.76 bits per heavy atom. The molecule has 0 fully saturated rings. The van der Waals surface area contributed by atoms with Crippen molar-refractivity contribution in [2.75, 3.05) is 33.9 Å². The molecule has 1 atom stereocenters. The fourth-order valence-electron chi connectivity index (χ4n) is 4.24. The van der Waals surface area contributed by atoms with E-state index in [1.54, 1.807) is 0 Å². The van der Waals surface area contributed by atoms with Crippen molar-refractivity contribution in [1.29, 1.82) is 0 Å². The van der Waals surface area contributed by atoms with Gasteiger partial charge < -0.3 is 24.9 Å². The van der Waals surface area contributed by atoms with Gasteiger partial charge in [-0.25, -0.2) is 5.06 Å². The van der Waals surface area contributed by atoms with Gasteiger partial charge in [0, 0.05) is 35.4 Å². The predicted molar refractivity (Wildman–Crippen MR) is 145 cm³/mol. The van der Waals surface area contributed by atoms with Crippen molar-refractivity contribution in [3.8, 4) is 11.5 Å². The van der Waals surface area contributed by atoms with Gasteiger partial charge in [-0.2, -0.15) is 0 Å². The number of para-hydroxylation sites is 1. The number of aromatic nitrogens is 1. The molecule has 0 aliphatic carbocycles. The van der Waals surface area contributed by atoms with E-state index in [-0.39, 0.29) is 24.7 Å². The van der Waals surface area contributed by atoms with Gasteiger partial charge in [-0.1, -0.05) is 36.4 Å². The van der Waals surface area contributed by atoms with Crippen LogP contribution in [0, 0.1) is 0 Å². The minimum Gasteiger partial charge on any atom is -0.490 e. The number of nitrogens with one attached hydrogen (secondary N) is 2. The number of hydrogen-bond donors (Lipinski definition) is 3. The number of amides is 1. The Bertz CT molecular complexity index is 1330. The van der Waals surface area contributed by atoms with Gasteiger partial charge in [0.2, 0.25) is 0 Å². The first-order chi connectivity index (χ1) is 17.8. The number of fused-ring (bicyclic) bond motifs is 3. The second-order valence-electron chi connectivity index (χ2n) is 9.76. The Hall–Kier alpha value is -3.59. The molecule has 8 heteroatoms. The molecule has 0 saturated heterocycles. The van der Waals surface area contributed by atoms with E-state index in [0.29, 0.717) is 12.3 Å². The van der Waals surface area contributed by atoms with Crippen molar-refractivity contribution in [2.45, 2.75) is 31.9 Å². The highest BCUT2D eigenvalue weighted by atomic mass is 16.7. The lowest BCUT2D eigenvalue weighted by Crippen LogP contribution is -2.46. The molecule has 8 nitrogen and oxygen atoms in total. The number of nitrogens with zero attached hydrogens (tertiary/aromatic N) is 1. The number of aromatic amines is 1. The summed E-state index contributed by atoms with van der Waals surface area (Å²) in [6.45, 7) is 4.68. The summed E-state index contributed by atoms with van der Waals surface area (Å²) in [5, 5.41) is 17.3. The maximum absolute atomic E-state index is 11.8. The fourth-order valence-corrected chi connectivity index (χ4v) is 4.24.